The van der Waals surface area contributed by atoms with Crippen molar-refractivity contribution in [2.75, 3.05) is 0 Å². The quantitative estimate of drug-likeness (QED) is 0.746. The second-order valence-electron chi connectivity index (χ2n) is 3.95. The van der Waals surface area contributed by atoms with Crippen LogP contribution >= 0.6 is 11.6 Å². The van der Waals surface area contributed by atoms with Crippen LogP contribution in [-0.2, 0) is 0 Å². The zero-order valence-electron chi connectivity index (χ0n) is 10.3. The summed E-state index contributed by atoms with van der Waals surface area (Å²) in [6, 6.07) is 11.0. The van der Waals surface area contributed by atoms with E-state index in [1.807, 2.05) is 0 Å². The van der Waals surface area contributed by atoms with Crippen molar-refractivity contribution in [2.45, 2.75) is 13.3 Å². The maximum absolute atomic E-state index is 13.3. The highest BCUT2D eigenvalue weighted by Gasteiger charge is 2.11. The number of benzene rings is 2. The summed E-state index contributed by atoms with van der Waals surface area (Å²) in [4.78, 5) is 11.8. The average molecular weight is 279 g/mol. The fourth-order valence-electron chi connectivity index (χ4n) is 1.64. The Bertz CT molecular complexity index is 611. The predicted octanol–water partition coefficient (Wildman–Crippen LogP) is 4.86. The van der Waals surface area contributed by atoms with E-state index in [1.165, 1.54) is 12.1 Å². The maximum atomic E-state index is 13.3. The molecule has 0 aliphatic heterocycles. The van der Waals surface area contributed by atoms with Crippen LogP contribution in [0.15, 0.2) is 42.5 Å². The molecule has 0 spiro atoms. The molecule has 19 heavy (non-hydrogen) atoms. The molecule has 0 saturated carbocycles. The van der Waals surface area contributed by atoms with Crippen LogP contribution in [0.3, 0.4) is 0 Å². The summed E-state index contributed by atoms with van der Waals surface area (Å²) in [5.74, 6) is 0.137. The van der Waals surface area contributed by atoms with E-state index in [0.717, 1.165) is 0 Å². The van der Waals surface area contributed by atoms with Gasteiger partial charge in [0.15, 0.2) is 5.78 Å². The van der Waals surface area contributed by atoms with Crippen LogP contribution < -0.4 is 4.74 Å². The van der Waals surface area contributed by atoms with Gasteiger partial charge in [-0.05, 0) is 24.3 Å². The molecular formula is C15H12ClFO2. The number of ketones is 1. The van der Waals surface area contributed by atoms with E-state index in [0.29, 0.717) is 23.5 Å². The monoisotopic (exact) mass is 278 g/mol. The van der Waals surface area contributed by atoms with Crippen molar-refractivity contribution >= 4 is 17.4 Å². The predicted molar refractivity (Wildman–Crippen MR) is 72.5 cm³/mol. The molecule has 0 aromatic heterocycles. The maximum Gasteiger partial charge on any atom is 0.166 e. The zero-order valence-corrected chi connectivity index (χ0v) is 11.1. The molecule has 0 heterocycles. The fourth-order valence-corrected chi connectivity index (χ4v) is 1.76. The number of halogens is 2. The SMILES string of the molecule is CCC(=O)c1ccccc1Oc1ccc(Cl)c(F)c1. The molecule has 0 atom stereocenters. The molecule has 2 nitrogen and oxygen atoms in total. The topological polar surface area (TPSA) is 26.3 Å². The molecule has 0 amide bonds. The van der Waals surface area contributed by atoms with E-state index in [4.69, 9.17) is 16.3 Å². The van der Waals surface area contributed by atoms with Gasteiger partial charge in [0.05, 0.1) is 10.6 Å². The smallest absolute Gasteiger partial charge is 0.166 e. The van der Waals surface area contributed by atoms with Crippen molar-refractivity contribution in [3.63, 3.8) is 0 Å². The van der Waals surface area contributed by atoms with Crippen LogP contribution in [0.2, 0.25) is 5.02 Å². The van der Waals surface area contributed by atoms with Crippen molar-refractivity contribution in [1.82, 2.24) is 0 Å². The van der Waals surface area contributed by atoms with Gasteiger partial charge in [0.25, 0.3) is 0 Å². The summed E-state index contributed by atoms with van der Waals surface area (Å²) in [6.45, 7) is 1.78. The number of para-hydroxylation sites is 1. The standard InChI is InChI=1S/C15H12ClFO2/c1-2-14(18)11-5-3-4-6-15(11)19-10-7-8-12(16)13(17)9-10/h3-9H,2H2,1H3. The molecule has 0 bridgehead atoms. The number of carbonyl (C=O) groups is 1. The molecule has 0 fully saturated rings. The minimum atomic E-state index is -0.557. The van der Waals surface area contributed by atoms with Crippen molar-refractivity contribution in [3.8, 4) is 11.5 Å². The van der Waals surface area contributed by atoms with E-state index in [1.54, 1.807) is 37.3 Å². The molecule has 2 aromatic carbocycles. The molecule has 0 N–H and O–H groups in total. The van der Waals surface area contributed by atoms with E-state index < -0.39 is 5.82 Å². The van der Waals surface area contributed by atoms with Crippen molar-refractivity contribution < 1.29 is 13.9 Å². The lowest BCUT2D eigenvalue weighted by molar-refractivity contribution is 0.0986. The molecule has 2 rings (SSSR count). The largest absolute Gasteiger partial charge is 0.457 e. The Morgan fingerprint density at radius 2 is 2.00 bits per heavy atom. The molecule has 0 aliphatic rings. The van der Waals surface area contributed by atoms with E-state index in [2.05, 4.69) is 0 Å². The third-order valence-electron chi connectivity index (χ3n) is 2.63. The molecule has 0 aliphatic carbocycles. The van der Waals surface area contributed by atoms with Gasteiger partial charge in [0.1, 0.15) is 17.3 Å². The van der Waals surface area contributed by atoms with Crippen LogP contribution in [0.5, 0.6) is 11.5 Å². The normalized spacial score (nSPS) is 10.3. The van der Waals surface area contributed by atoms with Gasteiger partial charge in [0.2, 0.25) is 0 Å². The van der Waals surface area contributed by atoms with Gasteiger partial charge in [-0.15, -0.1) is 0 Å². The van der Waals surface area contributed by atoms with E-state index >= 15 is 0 Å². The lowest BCUT2D eigenvalue weighted by atomic mass is 10.1. The van der Waals surface area contributed by atoms with E-state index in [9.17, 15) is 9.18 Å². The lowest BCUT2D eigenvalue weighted by Crippen LogP contribution is -1.99. The number of rotatable bonds is 4. The Balaban J connectivity index is 2.32. The summed E-state index contributed by atoms with van der Waals surface area (Å²) in [6.07, 6.45) is 0.384. The molecular weight excluding hydrogens is 267 g/mol. The number of hydrogen-bond donors (Lipinski definition) is 0. The lowest BCUT2D eigenvalue weighted by Gasteiger charge is -2.10. The van der Waals surface area contributed by atoms with Gasteiger partial charge in [-0.3, -0.25) is 4.79 Å². The van der Waals surface area contributed by atoms with Crippen molar-refractivity contribution in [1.29, 1.82) is 0 Å². The summed E-state index contributed by atoms with van der Waals surface area (Å²) in [7, 11) is 0. The number of ether oxygens (including phenoxy) is 1. The van der Waals surface area contributed by atoms with Gasteiger partial charge >= 0.3 is 0 Å². The second kappa shape index (κ2) is 5.85. The van der Waals surface area contributed by atoms with Gasteiger partial charge in [-0.25, -0.2) is 4.39 Å². The first-order valence-electron chi connectivity index (χ1n) is 5.87. The first-order chi connectivity index (χ1) is 9.11. The number of carbonyl (C=O) groups excluding carboxylic acids is 1. The highest BCUT2D eigenvalue weighted by atomic mass is 35.5. The Kier molecular flexibility index (Phi) is 4.17. The zero-order chi connectivity index (χ0) is 13.8. The number of Topliss-reactive ketones (excluding diaryl/α,β-unsaturated/α-hetero) is 1. The molecule has 2 aromatic rings. The Morgan fingerprint density at radius 3 is 2.68 bits per heavy atom. The third kappa shape index (κ3) is 3.12. The molecule has 4 heteroatoms. The second-order valence-corrected chi connectivity index (χ2v) is 4.36. The van der Waals surface area contributed by atoms with Crippen LogP contribution in [0.25, 0.3) is 0 Å². The summed E-state index contributed by atoms with van der Waals surface area (Å²) in [5.41, 5.74) is 0.486. The van der Waals surface area contributed by atoms with Gasteiger partial charge < -0.3 is 4.74 Å². The Morgan fingerprint density at radius 1 is 1.26 bits per heavy atom. The fraction of sp³-hybridized carbons (Fsp3) is 0.133. The Hall–Kier alpha value is -1.87. The van der Waals surface area contributed by atoms with Crippen molar-refractivity contribution in [3.05, 3.63) is 58.9 Å². The Labute approximate surface area is 115 Å². The molecule has 0 radical (unpaired) electrons. The first-order valence-corrected chi connectivity index (χ1v) is 6.24. The van der Waals surface area contributed by atoms with Crippen molar-refractivity contribution in [2.24, 2.45) is 0 Å². The van der Waals surface area contributed by atoms with Gasteiger partial charge in [-0.2, -0.15) is 0 Å². The van der Waals surface area contributed by atoms with Crippen LogP contribution in [-0.4, -0.2) is 5.78 Å². The molecule has 98 valence electrons. The molecule has 0 unspecified atom stereocenters. The molecule has 0 saturated heterocycles. The average Bonchev–Trinajstić information content (AvgIpc) is 2.43. The minimum Gasteiger partial charge on any atom is -0.457 e. The summed E-state index contributed by atoms with van der Waals surface area (Å²) >= 11 is 5.60. The highest BCUT2D eigenvalue weighted by molar-refractivity contribution is 6.30. The van der Waals surface area contributed by atoms with Crippen LogP contribution in [0.1, 0.15) is 23.7 Å². The third-order valence-corrected chi connectivity index (χ3v) is 2.93. The highest BCUT2D eigenvalue weighted by Crippen LogP contribution is 2.28. The number of hydrogen-bond acceptors (Lipinski definition) is 2. The minimum absolute atomic E-state index is 0.0231. The van der Waals surface area contributed by atoms with Crippen LogP contribution in [0.4, 0.5) is 4.39 Å². The van der Waals surface area contributed by atoms with Gasteiger partial charge in [0, 0.05) is 12.5 Å². The summed E-state index contributed by atoms with van der Waals surface area (Å²) in [5, 5.41) is 0.0327. The first kappa shape index (κ1) is 13.6. The van der Waals surface area contributed by atoms with Crippen LogP contribution in [0, 0.1) is 5.82 Å². The van der Waals surface area contributed by atoms with Gasteiger partial charge in [-0.1, -0.05) is 30.7 Å². The van der Waals surface area contributed by atoms with E-state index in [-0.39, 0.29) is 10.8 Å². The summed E-state index contributed by atoms with van der Waals surface area (Å²) < 4.78 is 18.9.